The molecule has 1 atom stereocenters. The van der Waals surface area contributed by atoms with Crippen LogP contribution in [0.15, 0.2) is 54.3 Å². The number of alkyl halides is 2. The van der Waals surface area contributed by atoms with E-state index in [2.05, 4.69) is 5.43 Å². The van der Waals surface area contributed by atoms with Gasteiger partial charge in [-0.3, -0.25) is 31.0 Å². The Morgan fingerprint density at radius 1 is 1.17 bits per heavy atom. The molecule has 0 saturated heterocycles. The van der Waals surface area contributed by atoms with Crippen LogP contribution in [-0.2, 0) is 4.79 Å². The van der Waals surface area contributed by atoms with Gasteiger partial charge in [-0.2, -0.15) is 0 Å². The number of hydrogen-bond acceptors (Lipinski definition) is 6. The van der Waals surface area contributed by atoms with Crippen LogP contribution in [0.25, 0.3) is 0 Å². The molecule has 0 saturated carbocycles. The van der Waals surface area contributed by atoms with E-state index in [1.807, 2.05) is 26.8 Å². The zero-order chi connectivity index (χ0) is 22.8. The van der Waals surface area contributed by atoms with Crippen molar-refractivity contribution in [3.05, 3.63) is 69.9 Å². The van der Waals surface area contributed by atoms with Gasteiger partial charge in [0.25, 0.3) is 10.9 Å². The molecule has 168 valence electrons. The van der Waals surface area contributed by atoms with Gasteiger partial charge in [-0.05, 0) is 50.0 Å². The van der Waals surface area contributed by atoms with Gasteiger partial charge in [-0.1, -0.05) is 59.6 Å². The maximum Gasteiger partial charge on any atom is 0.261 e. The maximum atomic E-state index is 10.8. The second-order valence-electron chi connectivity index (χ2n) is 6.68. The summed E-state index contributed by atoms with van der Waals surface area (Å²) in [5.41, 5.74) is 2.81. The fourth-order valence-electron chi connectivity index (χ4n) is 1.59. The Kier molecular flexibility index (Phi) is 14.4. The monoisotopic (exact) mass is 519 g/mol. The van der Waals surface area contributed by atoms with E-state index in [1.54, 1.807) is 24.3 Å². The summed E-state index contributed by atoms with van der Waals surface area (Å²) in [5, 5.41) is 9.29. The lowest BCUT2D eigenvalue weighted by atomic mass is 10.0. The highest BCUT2D eigenvalue weighted by atomic mass is 35.5. The zero-order valence-electron chi connectivity index (χ0n) is 16.3. The first kappa shape index (κ1) is 31.0. The molecule has 0 fully saturated rings. The molecule has 0 bridgehead atoms. The molecule has 0 spiro atoms. The van der Waals surface area contributed by atoms with Gasteiger partial charge in [-0.25, -0.2) is 0 Å². The van der Waals surface area contributed by atoms with Crippen molar-refractivity contribution < 1.29 is 14.5 Å². The Bertz CT molecular complexity index is 778. The fourth-order valence-corrected chi connectivity index (χ4v) is 2.27. The smallest absolute Gasteiger partial charge is 0.261 e. The highest BCUT2D eigenvalue weighted by Gasteiger charge is 2.36. The Morgan fingerprint density at radius 3 is 1.93 bits per heavy atom. The average Bonchev–Trinajstić information content (AvgIpc) is 2.61. The van der Waals surface area contributed by atoms with Crippen LogP contribution in [0.1, 0.15) is 31.1 Å². The molecule has 0 radical (unpaired) electrons. The Hall–Kier alpha value is -1.19. The van der Waals surface area contributed by atoms with Gasteiger partial charge in [-0.15, -0.1) is 12.4 Å². The topological polar surface area (TPSA) is 115 Å². The maximum absolute atomic E-state index is 10.8. The standard InChI is InChI=1S/C7H4Cl3NO3.C7H5ClO.C4H12N2.ClH/c8-6(12)4-1-2-7(9,10)3-5(4)11(13)14;8-7(9)6-4-2-1-3-5-6;1-4(2,3)6-5;/h1-4H;1-5H;6H,5H2,1-3H3;1H. The molecule has 1 unspecified atom stereocenters. The first-order valence-corrected chi connectivity index (χ1v) is 9.57. The number of allylic oxidation sites excluding steroid dienone is 3. The molecule has 1 aliphatic carbocycles. The summed E-state index contributed by atoms with van der Waals surface area (Å²) in [6.07, 6.45) is 3.47. The minimum absolute atomic E-state index is 0. The van der Waals surface area contributed by atoms with Crippen LogP contribution in [0.2, 0.25) is 0 Å². The third-order valence-corrected chi connectivity index (χ3v) is 3.98. The number of carbonyl (C=O) groups is 2. The number of nitrogens with zero attached hydrogens (tertiary/aromatic N) is 1. The number of hydrogen-bond donors (Lipinski definition) is 2. The molecule has 1 aliphatic rings. The second kappa shape index (κ2) is 14.0. The van der Waals surface area contributed by atoms with Crippen molar-refractivity contribution in [1.29, 1.82) is 0 Å². The highest BCUT2D eigenvalue weighted by Crippen LogP contribution is 2.34. The van der Waals surface area contributed by atoms with Crippen molar-refractivity contribution in [3.8, 4) is 0 Å². The number of carbonyl (C=O) groups excluding carboxylic acids is 2. The van der Waals surface area contributed by atoms with Gasteiger partial charge >= 0.3 is 0 Å². The number of benzene rings is 1. The van der Waals surface area contributed by atoms with Gasteiger partial charge in [0.2, 0.25) is 5.24 Å². The molecule has 12 heteroatoms. The second-order valence-corrected chi connectivity index (χ2v) is 8.84. The SMILES string of the molecule is CC(C)(C)NN.Cl.O=C(Cl)C1C=CC(Cl)(Cl)C=C1[N+](=O)[O-].O=C(Cl)c1ccccc1. The molecule has 7 nitrogen and oxygen atoms in total. The van der Waals surface area contributed by atoms with E-state index in [9.17, 15) is 19.7 Å². The van der Waals surface area contributed by atoms with Crippen molar-refractivity contribution in [3.63, 3.8) is 0 Å². The van der Waals surface area contributed by atoms with Crippen molar-refractivity contribution in [1.82, 2.24) is 5.43 Å². The van der Waals surface area contributed by atoms with Gasteiger partial charge in [0.05, 0.1) is 4.92 Å². The average molecular weight is 522 g/mol. The Balaban J connectivity index is 0. The van der Waals surface area contributed by atoms with E-state index in [0.717, 1.165) is 6.08 Å². The minimum atomic E-state index is -1.45. The first-order valence-electron chi connectivity index (χ1n) is 8.06. The van der Waals surface area contributed by atoms with Gasteiger partial charge in [0.15, 0.2) is 4.33 Å². The predicted molar refractivity (Wildman–Crippen MR) is 124 cm³/mol. The molecule has 30 heavy (non-hydrogen) atoms. The molecule has 0 aromatic heterocycles. The van der Waals surface area contributed by atoms with E-state index in [0.29, 0.717) is 5.56 Å². The summed E-state index contributed by atoms with van der Waals surface area (Å²) in [5.74, 6) is 3.97. The van der Waals surface area contributed by atoms with Gasteiger partial charge < -0.3 is 0 Å². The summed E-state index contributed by atoms with van der Waals surface area (Å²) < 4.78 is -1.45. The van der Waals surface area contributed by atoms with Crippen LogP contribution in [0, 0.1) is 16.0 Å². The van der Waals surface area contributed by atoms with Crippen LogP contribution in [0.3, 0.4) is 0 Å². The number of hydrazine groups is 1. The van der Waals surface area contributed by atoms with E-state index < -0.39 is 31.4 Å². The van der Waals surface area contributed by atoms with Crippen molar-refractivity contribution in [2.75, 3.05) is 0 Å². The zero-order valence-corrected chi connectivity index (χ0v) is 20.1. The number of rotatable bonds is 3. The highest BCUT2D eigenvalue weighted by molar-refractivity contribution is 6.67. The molecule has 1 aromatic carbocycles. The van der Waals surface area contributed by atoms with Crippen molar-refractivity contribution in [2.24, 2.45) is 11.8 Å². The predicted octanol–water partition coefficient (Wildman–Crippen LogP) is 5.01. The lowest BCUT2D eigenvalue weighted by molar-refractivity contribution is -0.430. The fraction of sp³-hybridized carbons (Fsp3) is 0.333. The van der Waals surface area contributed by atoms with Crippen LogP contribution in [0.4, 0.5) is 0 Å². The number of nitro groups is 1. The van der Waals surface area contributed by atoms with Crippen LogP contribution in [0.5, 0.6) is 0 Å². The van der Waals surface area contributed by atoms with E-state index in [4.69, 9.17) is 52.2 Å². The van der Waals surface area contributed by atoms with Crippen LogP contribution < -0.4 is 11.3 Å². The minimum Gasteiger partial charge on any atom is -0.280 e. The summed E-state index contributed by atoms with van der Waals surface area (Å²) in [4.78, 5) is 31.0. The first-order chi connectivity index (χ1) is 13.2. The third-order valence-electron chi connectivity index (χ3n) is 3.06. The van der Waals surface area contributed by atoms with Gasteiger partial charge in [0, 0.05) is 17.2 Å². The molecule has 3 N–H and O–H groups in total. The summed E-state index contributed by atoms with van der Waals surface area (Å²) >= 11 is 21.6. The lowest BCUT2D eigenvalue weighted by Crippen LogP contribution is -2.41. The van der Waals surface area contributed by atoms with E-state index in [1.165, 1.54) is 12.2 Å². The molecule has 0 aliphatic heterocycles. The largest absolute Gasteiger partial charge is 0.280 e. The Morgan fingerprint density at radius 2 is 1.63 bits per heavy atom. The lowest BCUT2D eigenvalue weighted by Gasteiger charge is -2.16. The Labute approximate surface area is 201 Å². The quantitative estimate of drug-likeness (QED) is 0.144. The molecule has 1 aromatic rings. The normalized spacial score (nSPS) is 16.4. The summed E-state index contributed by atoms with van der Waals surface area (Å²) in [6, 6.07) is 8.74. The third kappa shape index (κ3) is 13.2. The van der Waals surface area contributed by atoms with Crippen LogP contribution in [-0.4, -0.2) is 25.3 Å². The van der Waals surface area contributed by atoms with E-state index in [-0.39, 0.29) is 17.9 Å². The molecule has 2 rings (SSSR count). The summed E-state index contributed by atoms with van der Waals surface area (Å²) in [7, 11) is 0. The number of nitrogens with one attached hydrogen (secondary N) is 1. The van der Waals surface area contributed by atoms with Crippen LogP contribution >= 0.6 is 58.8 Å². The molecular formula is C18H22Cl5N3O4. The molecule has 0 amide bonds. The van der Waals surface area contributed by atoms with Crippen molar-refractivity contribution >= 4 is 69.3 Å². The van der Waals surface area contributed by atoms with Crippen molar-refractivity contribution in [2.45, 2.75) is 30.6 Å². The number of halogens is 5. The molecular weight excluding hydrogens is 499 g/mol. The summed E-state index contributed by atoms with van der Waals surface area (Å²) in [6.45, 7) is 6.02. The number of nitrogens with two attached hydrogens (primary N) is 1. The molecule has 0 heterocycles. The van der Waals surface area contributed by atoms with E-state index >= 15 is 0 Å². The van der Waals surface area contributed by atoms with Gasteiger partial charge in [0.1, 0.15) is 5.92 Å².